The van der Waals surface area contributed by atoms with Crippen molar-refractivity contribution in [1.82, 2.24) is 19.1 Å². The van der Waals surface area contributed by atoms with E-state index in [1.807, 2.05) is 40.6 Å². The number of fused-ring (bicyclic) bond motifs is 1. The third kappa shape index (κ3) is 1.85. The minimum atomic E-state index is 0.628. The third-order valence-corrected chi connectivity index (χ3v) is 3.52. The molecule has 1 aromatic carbocycles. The Morgan fingerprint density at radius 1 is 1.44 bits per heavy atom. The van der Waals surface area contributed by atoms with Crippen LogP contribution in [0.5, 0.6) is 0 Å². The van der Waals surface area contributed by atoms with E-state index in [2.05, 4.69) is 9.97 Å². The van der Waals surface area contributed by atoms with Gasteiger partial charge in [-0.1, -0.05) is 11.6 Å². The standard InChI is InChI=1S/C12H11ClN4S/c1-16-5-4-14-11(16)7-17-10-6-8(13)2-3-9(10)15-12(17)18/h2-6H,7H2,1H3,(H,15,18). The van der Waals surface area contributed by atoms with Crippen molar-refractivity contribution >= 4 is 34.9 Å². The van der Waals surface area contributed by atoms with Crippen LogP contribution in [0.4, 0.5) is 0 Å². The Morgan fingerprint density at radius 3 is 3.00 bits per heavy atom. The van der Waals surface area contributed by atoms with Crippen molar-refractivity contribution in [3.8, 4) is 0 Å². The average Bonchev–Trinajstić information content (AvgIpc) is 2.86. The van der Waals surface area contributed by atoms with Crippen LogP contribution in [-0.2, 0) is 13.6 Å². The second-order valence-corrected chi connectivity index (χ2v) is 4.96. The molecule has 0 bridgehead atoms. The number of hydrogen-bond donors (Lipinski definition) is 1. The summed E-state index contributed by atoms with van der Waals surface area (Å²) in [6, 6.07) is 5.69. The third-order valence-electron chi connectivity index (χ3n) is 2.96. The molecule has 0 radical (unpaired) electrons. The first-order valence-corrected chi connectivity index (χ1v) is 6.28. The van der Waals surface area contributed by atoms with Crippen molar-refractivity contribution in [3.63, 3.8) is 0 Å². The average molecular weight is 279 g/mol. The number of aromatic amines is 1. The Balaban J connectivity index is 2.17. The summed E-state index contributed by atoms with van der Waals surface area (Å²) >= 11 is 11.4. The maximum atomic E-state index is 6.03. The largest absolute Gasteiger partial charge is 0.337 e. The number of imidazole rings is 2. The maximum absolute atomic E-state index is 6.03. The van der Waals surface area contributed by atoms with E-state index in [9.17, 15) is 0 Å². The first-order chi connectivity index (χ1) is 8.65. The van der Waals surface area contributed by atoms with Gasteiger partial charge >= 0.3 is 0 Å². The van der Waals surface area contributed by atoms with Crippen LogP contribution in [0.2, 0.25) is 5.02 Å². The van der Waals surface area contributed by atoms with E-state index in [0.29, 0.717) is 16.3 Å². The molecule has 0 aliphatic heterocycles. The van der Waals surface area contributed by atoms with Gasteiger partial charge in [0.15, 0.2) is 4.77 Å². The molecule has 2 heterocycles. The molecule has 0 aliphatic rings. The molecular formula is C12H11ClN4S. The fourth-order valence-corrected chi connectivity index (χ4v) is 2.41. The summed E-state index contributed by atoms with van der Waals surface area (Å²) in [6.07, 6.45) is 3.70. The topological polar surface area (TPSA) is 38.5 Å². The molecule has 0 saturated carbocycles. The maximum Gasteiger partial charge on any atom is 0.178 e. The zero-order valence-corrected chi connectivity index (χ0v) is 11.3. The summed E-state index contributed by atoms with van der Waals surface area (Å²) in [4.78, 5) is 7.48. The summed E-state index contributed by atoms with van der Waals surface area (Å²) in [6.45, 7) is 0.628. The van der Waals surface area contributed by atoms with Crippen LogP contribution in [0.3, 0.4) is 0 Å². The highest BCUT2D eigenvalue weighted by molar-refractivity contribution is 7.71. The number of hydrogen-bond acceptors (Lipinski definition) is 2. The molecule has 3 aromatic rings. The second kappa shape index (κ2) is 4.26. The molecule has 2 aromatic heterocycles. The van der Waals surface area contributed by atoms with E-state index in [-0.39, 0.29) is 0 Å². The van der Waals surface area contributed by atoms with Crippen molar-refractivity contribution in [1.29, 1.82) is 0 Å². The predicted octanol–water partition coefficient (Wildman–Crippen LogP) is 3.13. The number of rotatable bonds is 2. The first kappa shape index (κ1) is 11.5. The number of benzene rings is 1. The summed E-state index contributed by atoms with van der Waals surface area (Å²) in [5.41, 5.74) is 1.98. The molecule has 0 spiro atoms. The monoisotopic (exact) mass is 278 g/mol. The van der Waals surface area contributed by atoms with Crippen LogP contribution in [0.25, 0.3) is 11.0 Å². The van der Waals surface area contributed by atoms with Crippen LogP contribution in [0, 0.1) is 4.77 Å². The smallest absolute Gasteiger partial charge is 0.178 e. The Labute approximate surface area is 114 Å². The Bertz CT molecular complexity index is 768. The molecule has 3 rings (SSSR count). The van der Waals surface area contributed by atoms with Crippen LogP contribution in [0.1, 0.15) is 5.82 Å². The lowest BCUT2D eigenvalue weighted by molar-refractivity contribution is 0.707. The van der Waals surface area contributed by atoms with E-state index < -0.39 is 0 Å². The minimum Gasteiger partial charge on any atom is -0.337 e. The van der Waals surface area contributed by atoms with Crippen molar-refractivity contribution in [2.24, 2.45) is 7.05 Å². The van der Waals surface area contributed by atoms with Gasteiger partial charge in [0.25, 0.3) is 0 Å². The van der Waals surface area contributed by atoms with Gasteiger partial charge in [0, 0.05) is 24.5 Å². The number of nitrogens with zero attached hydrogens (tertiary/aromatic N) is 3. The predicted molar refractivity (Wildman–Crippen MR) is 74.4 cm³/mol. The first-order valence-electron chi connectivity index (χ1n) is 5.49. The van der Waals surface area contributed by atoms with Crippen LogP contribution in [-0.4, -0.2) is 19.1 Å². The van der Waals surface area contributed by atoms with Crippen LogP contribution >= 0.6 is 23.8 Å². The van der Waals surface area contributed by atoms with E-state index >= 15 is 0 Å². The van der Waals surface area contributed by atoms with Gasteiger partial charge in [0.1, 0.15) is 5.82 Å². The number of halogens is 1. The van der Waals surface area contributed by atoms with Crippen molar-refractivity contribution in [2.45, 2.75) is 6.54 Å². The summed E-state index contributed by atoms with van der Waals surface area (Å²) < 4.78 is 4.65. The lowest BCUT2D eigenvalue weighted by Gasteiger charge is -2.05. The van der Waals surface area contributed by atoms with Gasteiger partial charge in [-0.2, -0.15) is 0 Å². The van der Waals surface area contributed by atoms with Crippen molar-refractivity contribution < 1.29 is 0 Å². The normalized spacial score (nSPS) is 11.2. The molecule has 1 N–H and O–H groups in total. The SMILES string of the molecule is Cn1ccnc1Cn1c(=S)[nH]c2ccc(Cl)cc21. The van der Waals surface area contributed by atoms with E-state index in [1.165, 1.54) is 0 Å². The van der Waals surface area contributed by atoms with E-state index in [1.54, 1.807) is 6.20 Å². The number of aromatic nitrogens is 4. The molecule has 0 unspecified atom stereocenters. The van der Waals surface area contributed by atoms with Gasteiger partial charge in [-0.25, -0.2) is 4.98 Å². The van der Waals surface area contributed by atoms with Gasteiger partial charge in [-0.05, 0) is 30.4 Å². The zero-order valence-electron chi connectivity index (χ0n) is 9.72. The molecule has 92 valence electrons. The molecular weight excluding hydrogens is 268 g/mol. The Morgan fingerprint density at radius 2 is 2.28 bits per heavy atom. The summed E-state index contributed by atoms with van der Waals surface area (Å²) in [5, 5.41) is 0.699. The number of nitrogens with one attached hydrogen (secondary N) is 1. The zero-order chi connectivity index (χ0) is 12.7. The van der Waals surface area contributed by atoms with Gasteiger partial charge in [0.2, 0.25) is 0 Å². The molecule has 0 saturated heterocycles. The fourth-order valence-electron chi connectivity index (χ4n) is 1.97. The second-order valence-electron chi connectivity index (χ2n) is 4.13. The van der Waals surface area contributed by atoms with Crippen LogP contribution in [0.15, 0.2) is 30.6 Å². The highest BCUT2D eigenvalue weighted by Gasteiger charge is 2.07. The van der Waals surface area contributed by atoms with E-state index in [0.717, 1.165) is 16.9 Å². The Hall–Kier alpha value is -1.59. The van der Waals surface area contributed by atoms with Crippen molar-refractivity contribution in [2.75, 3.05) is 0 Å². The van der Waals surface area contributed by atoms with Crippen molar-refractivity contribution in [3.05, 3.63) is 46.2 Å². The van der Waals surface area contributed by atoms with Crippen LogP contribution < -0.4 is 0 Å². The Kier molecular flexibility index (Phi) is 2.72. The molecule has 4 nitrogen and oxygen atoms in total. The highest BCUT2D eigenvalue weighted by Crippen LogP contribution is 2.20. The number of H-pyrrole nitrogens is 1. The number of aryl methyl sites for hydroxylation is 1. The fraction of sp³-hybridized carbons (Fsp3) is 0.167. The molecule has 0 amide bonds. The lowest BCUT2D eigenvalue weighted by Crippen LogP contribution is -2.05. The highest BCUT2D eigenvalue weighted by atomic mass is 35.5. The van der Waals surface area contributed by atoms with Gasteiger partial charge in [-0.3, -0.25) is 0 Å². The van der Waals surface area contributed by atoms with Gasteiger partial charge in [-0.15, -0.1) is 0 Å². The van der Waals surface area contributed by atoms with E-state index in [4.69, 9.17) is 23.8 Å². The summed E-state index contributed by atoms with van der Waals surface area (Å²) in [5.74, 6) is 0.951. The molecule has 0 aliphatic carbocycles. The molecule has 0 fully saturated rings. The van der Waals surface area contributed by atoms with Gasteiger partial charge < -0.3 is 14.1 Å². The molecule has 0 atom stereocenters. The lowest BCUT2D eigenvalue weighted by atomic mass is 10.3. The molecule has 6 heteroatoms. The summed E-state index contributed by atoms with van der Waals surface area (Å²) in [7, 11) is 1.97. The van der Waals surface area contributed by atoms with Gasteiger partial charge in [0.05, 0.1) is 17.6 Å². The minimum absolute atomic E-state index is 0.628. The molecule has 18 heavy (non-hydrogen) atoms. The quantitative estimate of drug-likeness (QED) is 0.732.